The van der Waals surface area contributed by atoms with E-state index in [9.17, 15) is 4.79 Å². The molecule has 6 nitrogen and oxygen atoms in total. The lowest BCUT2D eigenvalue weighted by Crippen LogP contribution is -2.20. The summed E-state index contributed by atoms with van der Waals surface area (Å²) in [4.78, 5) is 12.0. The van der Waals surface area contributed by atoms with Gasteiger partial charge in [0.1, 0.15) is 19.8 Å². The minimum Gasteiger partial charge on any atom is -0.486 e. The third-order valence-corrected chi connectivity index (χ3v) is 3.53. The van der Waals surface area contributed by atoms with E-state index in [1.165, 1.54) is 6.20 Å². The Labute approximate surface area is 126 Å². The minimum atomic E-state index is -0.186. The van der Waals surface area contributed by atoms with Crippen molar-refractivity contribution in [2.45, 2.75) is 13.5 Å². The molecule has 0 saturated heterocycles. The van der Waals surface area contributed by atoms with E-state index >= 15 is 0 Å². The second kappa shape index (κ2) is 5.65. The fourth-order valence-corrected chi connectivity index (χ4v) is 2.18. The molecule has 1 amide bonds. The van der Waals surface area contributed by atoms with Crippen LogP contribution in [0.4, 0.5) is 5.69 Å². The van der Waals surface area contributed by atoms with Gasteiger partial charge in [0.05, 0.1) is 16.9 Å². The van der Waals surface area contributed by atoms with Crippen LogP contribution >= 0.6 is 11.6 Å². The topological polar surface area (TPSA) is 65.4 Å². The molecule has 0 spiro atoms. The molecule has 1 aromatic heterocycles. The molecule has 1 aromatic carbocycles. The fourth-order valence-electron chi connectivity index (χ4n) is 2.04. The summed E-state index contributed by atoms with van der Waals surface area (Å²) in [7, 11) is 0. The fraction of sp³-hybridized carbons (Fsp3) is 0.286. The van der Waals surface area contributed by atoms with Gasteiger partial charge >= 0.3 is 0 Å². The summed E-state index contributed by atoms with van der Waals surface area (Å²) in [6.07, 6.45) is 1.52. The number of aromatic nitrogens is 2. The molecule has 0 bridgehead atoms. The number of carbonyl (C=O) groups excluding carboxylic acids is 1. The van der Waals surface area contributed by atoms with Crippen LogP contribution in [-0.4, -0.2) is 28.9 Å². The second-order valence-electron chi connectivity index (χ2n) is 4.64. The van der Waals surface area contributed by atoms with Crippen molar-refractivity contribution in [1.29, 1.82) is 0 Å². The molecule has 1 N–H and O–H groups in total. The van der Waals surface area contributed by atoms with E-state index in [0.29, 0.717) is 35.4 Å². The largest absolute Gasteiger partial charge is 0.486 e. The Morgan fingerprint density at radius 2 is 2.14 bits per heavy atom. The summed E-state index contributed by atoms with van der Waals surface area (Å²) in [6.45, 7) is 2.97. The number of benzene rings is 1. The Kier molecular flexibility index (Phi) is 3.70. The van der Waals surface area contributed by atoms with Gasteiger partial charge in [0.2, 0.25) is 5.91 Å². The van der Waals surface area contributed by atoms with E-state index in [-0.39, 0.29) is 12.5 Å². The summed E-state index contributed by atoms with van der Waals surface area (Å²) in [5.41, 5.74) is 1.41. The van der Waals surface area contributed by atoms with Crippen molar-refractivity contribution >= 4 is 23.2 Å². The number of nitrogens with zero attached hydrogens (tertiary/aromatic N) is 2. The molecule has 3 rings (SSSR count). The molecule has 21 heavy (non-hydrogen) atoms. The van der Waals surface area contributed by atoms with Crippen molar-refractivity contribution in [3.05, 3.63) is 35.1 Å². The minimum absolute atomic E-state index is 0.104. The normalized spacial score (nSPS) is 13.0. The van der Waals surface area contributed by atoms with Gasteiger partial charge in [0.15, 0.2) is 11.5 Å². The van der Waals surface area contributed by atoms with Crippen molar-refractivity contribution < 1.29 is 14.3 Å². The summed E-state index contributed by atoms with van der Waals surface area (Å²) < 4.78 is 12.5. The van der Waals surface area contributed by atoms with Gasteiger partial charge in [-0.3, -0.25) is 9.48 Å². The molecular formula is C14H14ClN3O3. The lowest BCUT2D eigenvalue weighted by atomic mass is 10.2. The van der Waals surface area contributed by atoms with Gasteiger partial charge in [-0.2, -0.15) is 5.10 Å². The molecule has 1 aliphatic rings. The highest BCUT2D eigenvalue weighted by atomic mass is 35.5. The maximum absolute atomic E-state index is 12.0. The Hall–Kier alpha value is -2.21. The highest BCUT2D eigenvalue weighted by Crippen LogP contribution is 2.32. The van der Waals surface area contributed by atoms with Crippen LogP contribution in [0.15, 0.2) is 24.4 Å². The average Bonchev–Trinajstić information content (AvgIpc) is 2.79. The second-order valence-corrected chi connectivity index (χ2v) is 5.05. The van der Waals surface area contributed by atoms with E-state index in [1.807, 2.05) is 6.92 Å². The molecule has 2 heterocycles. The number of rotatable bonds is 3. The molecule has 0 atom stereocenters. The Morgan fingerprint density at radius 3 is 2.86 bits per heavy atom. The first kappa shape index (κ1) is 13.8. The monoisotopic (exact) mass is 307 g/mol. The zero-order chi connectivity index (χ0) is 14.8. The number of nitrogens with one attached hydrogen (secondary N) is 1. The average molecular weight is 308 g/mol. The quantitative estimate of drug-likeness (QED) is 0.944. The first-order valence-electron chi connectivity index (χ1n) is 6.51. The third-order valence-electron chi connectivity index (χ3n) is 3.16. The molecule has 0 saturated carbocycles. The number of fused-ring (bicyclic) bond motifs is 1. The summed E-state index contributed by atoms with van der Waals surface area (Å²) in [6, 6.07) is 5.30. The highest BCUT2D eigenvalue weighted by molar-refractivity contribution is 6.31. The SMILES string of the molecule is Cc1c(Cl)cnn1CC(=O)Nc1ccc2c(c1)OCCO2. The van der Waals surface area contributed by atoms with Crippen LogP contribution in [0.3, 0.4) is 0 Å². The number of hydrogen-bond acceptors (Lipinski definition) is 4. The van der Waals surface area contributed by atoms with Crippen molar-refractivity contribution in [2.75, 3.05) is 18.5 Å². The van der Waals surface area contributed by atoms with E-state index in [1.54, 1.807) is 22.9 Å². The number of hydrogen-bond donors (Lipinski definition) is 1. The van der Waals surface area contributed by atoms with Gasteiger partial charge < -0.3 is 14.8 Å². The van der Waals surface area contributed by atoms with E-state index < -0.39 is 0 Å². The number of carbonyl (C=O) groups is 1. The summed E-state index contributed by atoms with van der Waals surface area (Å²) in [5, 5.41) is 7.39. The van der Waals surface area contributed by atoms with Gasteiger partial charge in [-0.25, -0.2) is 0 Å². The molecule has 1 aliphatic heterocycles. The van der Waals surface area contributed by atoms with Gasteiger partial charge in [-0.1, -0.05) is 11.6 Å². The van der Waals surface area contributed by atoms with Crippen LogP contribution in [0.25, 0.3) is 0 Å². The molecule has 2 aromatic rings. The predicted octanol–water partition coefficient (Wildman–Crippen LogP) is 2.25. The number of anilines is 1. The Balaban J connectivity index is 1.68. The van der Waals surface area contributed by atoms with Gasteiger partial charge in [0.25, 0.3) is 0 Å². The van der Waals surface area contributed by atoms with Crippen LogP contribution in [0, 0.1) is 6.92 Å². The van der Waals surface area contributed by atoms with Crippen LogP contribution in [0.2, 0.25) is 5.02 Å². The zero-order valence-corrected chi connectivity index (χ0v) is 12.2. The third kappa shape index (κ3) is 2.95. The van der Waals surface area contributed by atoms with Gasteiger partial charge in [0, 0.05) is 11.8 Å². The smallest absolute Gasteiger partial charge is 0.246 e. The van der Waals surface area contributed by atoms with Crippen LogP contribution in [0.5, 0.6) is 11.5 Å². The molecule has 0 fully saturated rings. The van der Waals surface area contributed by atoms with Gasteiger partial charge in [-0.05, 0) is 19.1 Å². The maximum Gasteiger partial charge on any atom is 0.246 e. The van der Waals surface area contributed by atoms with Crippen LogP contribution in [0.1, 0.15) is 5.69 Å². The molecule has 0 radical (unpaired) electrons. The van der Waals surface area contributed by atoms with E-state index in [0.717, 1.165) is 5.69 Å². The number of amides is 1. The molecular weight excluding hydrogens is 294 g/mol. The maximum atomic E-state index is 12.0. The first-order chi connectivity index (χ1) is 10.1. The van der Waals surface area contributed by atoms with Crippen molar-refractivity contribution in [3.63, 3.8) is 0 Å². The molecule has 7 heteroatoms. The number of ether oxygens (including phenoxy) is 2. The molecule has 0 unspecified atom stereocenters. The van der Waals surface area contributed by atoms with E-state index in [2.05, 4.69) is 10.4 Å². The summed E-state index contributed by atoms with van der Waals surface area (Å²) in [5.74, 6) is 1.14. The van der Waals surface area contributed by atoms with Crippen molar-refractivity contribution in [2.24, 2.45) is 0 Å². The standard InChI is InChI=1S/C14H14ClN3O3/c1-9-11(15)7-16-18(9)8-14(19)17-10-2-3-12-13(6-10)21-5-4-20-12/h2-3,6-7H,4-5,8H2,1H3,(H,17,19). The lowest BCUT2D eigenvalue weighted by molar-refractivity contribution is -0.116. The van der Waals surface area contributed by atoms with Crippen LogP contribution in [-0.2, 0) is 11.3 Å². The van der Waals surface area contributed by atoms with Crippen molar-refractivity contribution in [3.8, 4) is 11.5 Å². The Morgan fingerprint density at radius 1 is 1.38 bits per heavy atom. The van der Waals surface area contributed by atoms with E-state index in [4.69, 9.17) is 21.1 Å². The molecule has 0 aliphatic carbocycles. The zero-order valence-electron chi connectivity index (χ0n) is 11.4. The van der Waals surface area contributed by atoms with Crippen molar-refractivity contribution in [1.82, 2.24) is 9.78 Å². The lowest BCUT2D eigenvalue weighted by Gasteiger charge is -2.19. The molecule has 110 valence electrons. The van der Waals surface area contributed by atoms with Gasteiger partial charge in [-0.15, -0.1) is 0 Å². The van der Waals surface area contributed by atoms with Crippen LogP contribution < -0.4 is 14.8 Å². The number of halogens is 1. The predicted molar refractivity (Wildman–Crippen MR) is 78.0 cm³/mol. The highest BCUT2D eigenvalue weighted by Gasteiger charge is 2.13. The summed E-state index contributed by atoms with van der Waals surface area (Å²) >= 11 is 5.91. The first-order valence-corrected chi connectivity index (χ1v) is 6.88. The Bertz CT molecular complexity index is 684.